The summed E-state index contributed by atoms with van der Waals surface area (Å²) in [6.07, 6.45) is 2.50. The van der Waals surface area contributed by atoms with Crippen molar-refractivity contribution in [2.75, 3.05) is 38.7 Å². The molecule has 0 spiro atoms. The molecule has 3 rings (SSSR count). The van der Waals surface area contributed by atoms with Gasteiger partial charge in [-0.25, -0.2) is 0 Å². The minimum Gasteiger partial charge on any atom is -0.497 e. The van der Waals surface area contributed by atoms with E-state index < -0.39 is 0 Å². The lowest BCUT2D eigenvalue weighted by molar-refractivity contribution is 0.377. The second-order valence-electron chi connectivity index (χ2n) is 5.94. The second-order valence-corrected chi connectivity index (χ2v) is 5.94. The molecule has 0 aliphatic carbocycles. The average molecular weight is 373 g/mol. The first-order valence-corrected chi connectivity index (χ1v) is 7.88. The molecule has 1 saturated heterocycles. The SMILES string of the molecule is COc1ccc(-c2cc(N(C)CC3CCNCC3)n[nH]2)cc1.Cl.Cl. The van der Waals surface area contributed by atoms with Gasteiger partial charge in [-0.1, -0.05) is 0 Å². The van der Waals surface area contributed by atoms with Crippen molar-refractivity contribution >= 4 is 30.6 Å². The topological polar surface area (TPSA) is 53.2 Å². The van der Waals surface area contributed by atoms with Crippen molar-refractivity contribution in [2.24, 2.45) is 5.92 Å². The minimum atomic E-state index is 0. The number of rotatable bonds is 5. The molecule has 1 fully saturated rings. The highest BCUT2D eigenvalue weighted by atomic mass is 35.5. The summed E-state index contributed by atoms with van der Waals surface area (Å²) in [6, 6.07) is 10.1. The van der Waals surface area contributed by atoms with Crippen LogP contribution in [0.5, 0.6) is 5.75 Å². The molecule has 0 atom stereocenters. The fourth-order valence-corrected chi connectivity index (χ4v) is 2.97. The first kappa shape index (κ1) is 20.6. The van der Waals surface area contributed by atoms with E-state index in [4.69, 9.17) is 4.74 Å². The zero-order valence-corrected chi connectivity index (χ0v) is 15.8. The van der Waals surface area contributed by atoms with E-state index >= 15 is 0 Å². The number of ether oxygens (including phenoxy) is 1. The molecule has 2 heterocycles. The van der Waals surface area contributed by atoms with Crippen molar-refractivity contribution in [3.63, 3.8) is 0 Å². The van der Waals surface area contributed by atoms with Crippen LogP contribution in [0.2, 0.25) is 0 Å². The molecular formula is C17H26Cl2N4O. The van der Waals surface area contributed by atoms with E-state index in [9.17, 15) is 0 Å². The van der Waals surface area contributed by atoms with Crippen LogP contribution in [0.15, 0.2) is 30.3 Å². The predicted molar refractivity (Wildman–Crippen MR) is 104 cm³/mol. The zero-order chi connectivity index (χ0) is 15.4. The Morgan fingerprint density at radius 2 is 1.83 bits per heavy atom. The van der Waals surface area contributed by atoms with Gasteiger partial charge in [0.2, 0.25) is 0 Å². The molecular weight excluding hydrogens is 347 g/mol. The summed E-state index contributed by atoms with van der Waals surface area (Å²) in [7, 11) is 3.80. The number of halogens is 2. The number of anilines is 1. The lowest BCUT2D eigenvalue weighted by Gasteiger charge is -2.27. The largest absolute Gasteiger partial charge is 0.497 e. The second kappa shape index (κ2) is 9.77. The Morgan fingerprint density at radius 3 is 2.46 bits per heavy atom. The maximum Gasteiger partial charge on any atom is 0.150 e. The molecule has 1 aromatic heterocycles. The molecule has 1 aromatic carbocycles. The van der Waals surface area contributed by atoms with Gasteiger partial charge in [0, 0.05) is 19.7 Å². The Balaban J connectivity index is 0.00000144. The fraction of sp³-hybridized carbons (Fsp3) is 0.471. The summed E-state index contributed by atoms with van der Waals surface area (Å²) >= 11 is 0. The maximum atomic E-state index is 5.19. The number of piperidine rings is 1. The molecule has 0 saturated carbocycles. The number of aromatic amines is 1. The first-order valence-electron chi connectivity index (χ1n) is 7.88. The molecule has 1 aliphatic rings. The van der Waals surface area contributed by atoms with Gasteiger partial charge in [0.15, 0.2) is 5.82 Å². The molecule has 2 N–H and O–H groups in total. The predicted octanol–water partition coefficient (Wildman–Crippen LogP) is 3.36. The van der Waals surface area contributed by atoms with Gasteiger partial charge in [-0.05, 0) is 61.7 Å². The highest BCUT2D eigenvalue weighted by Gasteiger charge is 2.16. The van der Waals surface area contributed by atoms with Gasteiger partial charge >= 0.3 is 0 Å². The van der Waals surface area contributed by atoms with Crippen LogP contribution in [-0.2, 0) is 0 Å². The van der Waals surface area contributed by atoms with E-state index in [2.05, 4.69) is 33.5 Å². The van der Waals surface area contributed by atoms with E-state index in [1.54, 1.807) is 7.11 Å². The van der Waals surface area contributed by atoms with Crippen LogP contribution in [0, 0.1) is 5.92 Å². The number of benzene rings is 1. The summed E-state index contributed by atoms with van der Waals surface area (Å²) < 4.78 is 5.19. The van der Waals surface area contributed by atoms with Crippen LogP contribution in [0.4, 0.5) is 5.82 Å². The molecule has 24 heavy (non-hydrogen) atoms. The third-order valence-corrected chi connectivity index (χ3v) is 4.35. The van der Waals surface area contributed by atoms with Crippen molar-refractivity contribution in [1.82, 2.24) is 15.5 Å². The smallest absolute Gasteiger partial charge is 0.150 e. The van der Waals surface area contributed by atoms with Crippen molar-refractivity contribution in [3.8, 4) is 17.0 Å². The summed E-state index contributed by atoms with van der Waals surface area (Å²) in [4.78, 5) is 2.25. The molecule has 0 radical (unpaired) electrons. The van der Waals surface area contributed by atoms with E-state index in [0.29, 0.717) is 0 Å². The van der Waals surface area contributed by atoms with Gasteiger partial charge in [-0.15, -0.1) is 24.8 Å². The van der Waals surface area contributed by atoms with Crippen LogP contribution in [0.3, 0.4) is 0 Å². The van der Waals surface area contributed by atoms with Crippen molar-refractivity contribution < 1.29 is 4.74 Å². The van der Waals surface area contributed by atoms with Crippen molar-refractivity contribution in [2.45, 2.75) is 12.8 Å². The average Bonchev–Trinajstić information content (AvgIpc) is 3.06. The van der Waals surface area contributed by atoms with Gasteiger partial charge in [0.25, 0.3) is 0 Å². The number of hydrogen-bond acceptors (Lipinski definition) is 4. The van der Waals surface area contributed by atoms with Crippen molar-refractivity contribution in [1.29, 1.82) is 0 Å². The molecule has 7 heteroatoms. The lowest BCUT2D eigenvalue weighted by Crippen LogP contribution is -2.34. The van der Waals surface area contributed by atoms with Crippen LogP contribution >= 0.6 is 24.8 Å². The zero-order valence-electron chi connectivity index (χ0n) is 14.1. The molecule has 0 unspecified atom stereocenters. The quantitative estimate of drug-likeness (QED) is 0.844. The van der Waals surface area contributed by atoms with Crippen LogP contribution in [0.25, 0.3) is 11.3 Å². The van der Waals surface area contributed by atoms with Gasteiger partial charge < -0.3 is 15.0 Å². The number of hydrogen-bond donors (Lipinski definition) is 2. The molecule has 2 aromatic rings. The van der Waals surface area contributed by atoms with Gasteiger partial charge in [0.05, 0.1) is 12.8 Å². The summed E-state index contributed by atoms with van der Waals surface area (Å²) in [5, 5.41) is 11.0. The lowest BCUT2D eigenvalue weighted by atomic mass is 9.98. The maximum absolute atomic E-state index is 5.19. The Kier molecular flexibility index (Phi) is 8.39. The first-order chi connectivity index (χ1) is 10.8. The van der Waals surface area contributed by atoms with E-state index in [0.717, 1.165) is 48.4 Å². The van der Waals surface area contributed by atoms with Crippen molar-refractivity contribution in [3.05, 3.63) is 30.3 Å². The van der Waals surface area contributed by atoms with Crippen LogP contribution < -0.4 is 15.0 Å². The van der Waals surface area contributed by atoms with Gasteiger partial charge in [-0.2, -0.15) is 5.10 Å². The molecule has 0 amide bonds. The summed E-state index contributed by atoms with van der Waals surface area (Å²) in [5.74, 6) is 2.63. The van der Waals surface area contributed by atoms with E-state index in [1.807, 2.05) is 24.3 Å². The Morgan fingerprint density at radius 1 is 1.17 bits per heavy atom. The number of nitrogens with zero attached hydrogens (tertiary/aromatic N) is 2. The molecule has 5 nitrogen and oxygen atoms in total. The Hall–Kier alpha value is -1.43. The van der Waals surface area contributed by atoms with Crippen LogP contribution in [0.1, 0.15) is 12.8 Å². The van der Waals surface area contributed by atoms with Gasteiger partial charge in [0.1, 0.15) is 5.75 Å². The number of methoxy groups -OCH3 is 1. The fourth-order valence-electron chi connectivity index (χ4n) is 2.97. The van der Waals surface area contributed by atoms with E-state index in [1.165, 1.54) is 12.8 Å². The molecule has 134 valence electrons. The summed E-state index contributed by atoms with van der Waals surface area (Å²) in [6.45, 7) is 3.33. The summed E-state index contributed by atoms with van der Waals surface area (Å²) in [5.41, 5.74) is 2.16. The highest BCUT2D eigenvalue weighted by Crippen LogP contribution is 2.24. The monoisotopic (exact) mass is 372 g/mol. The highest BCUT2D eigenvalue weighted by molar-refractivity contribution is 5.85. The molecule has 0 bridgehead atoms. The number of H-pyrrole nitrogens is 1. The van der Waals surface area contributed by atoms with Gasteiger partial charge in [-0.3, -0.25) is 5.10 Å². The van der Waals surface area contributed by atoms with Crippen LogP contribution in [-0.4, -0.2) is 44.0 Å². The Labute approximate surface area is 156 Å². The van der Waals surface area contributed by atoms with E-state index in [-0.39, 0.29) is 24.8 Å². The molecule has 1 aliphatic heterocycles. The standard InChI is InChI=1S/C17H24N4O.2ClH/c1-21(12-13-7-9-18-10-8-13)17-11-16(19-20-17)14-3-5-15(22-2)6-4-14;;/h3-6,11,13,18H,7-10,12H2,1-2H3,(H,19,20);2*1H. The third kappa shape index (κ3) is 5.03. The number of aromatic nitrogens is 2. The normalized spacial score (nSPS) is 14.4. The number of nitrogens with one attached hydrogen (secondary N) is 2. The Bertz CT molecular complexity index is 597. The minimum absolute atomic E-state index is 0. The third-order valence-electron chi connectivity index (χ3n) is 4.35.